The second-order valence-electron chi connectivity index (χ2n) is 5.43. The van der Waals surface area contributed by atoms with Gasteiger partial charge in [0.1, 0.15) is 35.2 Å². The van der Waals surface area contributed by atoms with E-state index in [1.54, 1.807) is 18.2 Å². The molecule has 0 saturated carbocycles. The van der Waals surface area contributed by atoms with Crippen LogP contribution in [0.2, 0.25) is 5.02 Å². The van der Waals surface area contributed by atoms with Crippen molar-refractivity contribution in [3.8, 4) is 0 Å². The molecule has 8 heteroatoms. The SMILES string of the molecule is Cc1ccc(NC(=O)c2cc(Nc3c(F)cccc3F)ncn2)cc1Cl. The Balaban J connectivity index is 1.80. The monoisotopic (exact) mass is 374 g/mol. The average molecular weight is 375 g/mol. The fourth-order valence-electron chi connectivity index (χ4n) is 2.16. The van der Waals surface area contributed by atoms with E-state index in [0.29, 0.717) is 10.7 Å². The zero-order valence-electron chi connectivity index (χ0n) is 13.6. The van der Waals surface area contributed by atoms with Crippen LogP contribution >= 0.6 is 11.6 Å². The van der Waals surface area contributed by atoms with Crippen LogP contribution in [0, 0.1) is 18.6 Å². The van der Waals surface area contributed by atoms with Crippen LogP contribution in [-0.4, -0.2) is 15.9 Å². The number of aryl methyl sites for hydroxylation is 1. The van der Waals surface area contributed by atoms with E-state index in [9.17, 15) is 13.6 Å². The van der Waals surface area contributed by atoms with Crippen molar-refractivity contribution in [2.75, 3.05) is 10.6 Å². The van der Waals surface area contributed by atoms with E-state index in [0.717, 1.165) is 24.0 Å². The summed E-state index contributed by atoms with van der Waals surface area (Å²) in [4.78, 5) is 20.1. The molecule has 0 atom stereocenters. The van der Waals surface area contributed by atoms with E-state index in [1.165, 1.54) is 12.1 Å². The van der Waals surface area contributed by atoms with Crippen molar-refractivity contribution in [1.82, 2.24) is 9.97 Å². The highest BCUT2D eigenvalue weighted by Crippen LogP contribution is 2.23. The van der Waals surface area contributed by atoms with Gasteiger partial charge in [0, 0.05) is 16.8 Å². The van der Waals surface area contributed by atoms with Crippen molar-refractivity contribution in [3.63, 3.8) is 0 Å². The molecule has 0 unspecified atom stereocenters. The minimum atomic E-state index is -0.774. The van der Waals surface area contributed by atoms with Crippen molar-refractivity contribution < 1.29 is 13.6 Å². The molecular formula is C18H13ClF2N4O. The smallest absolute Gasteiger partial charge is 0.274 e. The molecule has 3 aromatic rings. The van der Waals surface area contributed by atoms with Crippen molar-refractivity contribution in [3.05, 3.63) is 76.7 Å². The number of hydrogen-bond donors (Lipinski definition) is 2. The molecule has 0 aliphatic carbocycles. The highest BCUT2D eigenvalue weighted by molar-refractivity contribution is 6.31. The molecule has 0 radical (unpaired) electrons. The number of anilines is 3. The first-order valence-electron chi connectivity index (χ1n) is 7.54. The Morgan fingerprint density at radius 1 is 1.08 bits per heavy atom. The molecule has 0 bridgehead atoms. The predicted molar refractivity (Wildman–Crippen MR) is 95.8 cm³/mol. The molecule has 2 aromatic carbocycles. The Bertz CT molecular complexity index is 961. The number of hydrogen-bond acceptors (Lipinski definition) is 4. The minimum Gasteiger partial charge on any atom is -0.335 e. The van der Waals surface area contributed by atoms with E-state index in [1.807, 2.05) is 6.92 Å². The van der Waals surface area contributed by atoms with Crippen molar-refractivity contribution in [2.24, 2.45) is 0 Å². The minimum absolute atomic E-state index is 0.0240. The normalized spacial score (nSPS) is 10.5. The Morgan fingerprint density at radius 2 is 1.81 bits per heavy atom. The molecule has 1 aromatic heterocycles. The number of benzene rings is 2. The molecule has 0 saturated heterocycles. The predicted octanol–water partition coefficient (Wildman–Crippen LogP) is 4.71. The largest absolute Gasteiger partial charge is 0.335 e. The van der Waals surface area contributed by atoms with E-state index in [-0.39, 0.29) is 17.2 Å². The number of aromatic nitrogens is 2. The number of nitrogens with zero attached hydrogens (tertiary/aromatic N) is 2. The summed E-state index contributed by atoms with van der Waals surface area (Å²) in [6.45, 7) is 1.85. The lowest BCUT2D eigenvalue weighted by Crippen LogP contribution is -2.14. The summed E-state index contributed by atoms with van der Waals surface area (Å²) in [5.41, 5.74) is 1.04. The lowest BCUT2D eigenvalue weighted by molar-refractivity contribution is 0.102. The molecule has 1 heterocycles. The van der Waals surface area contributed by atoms with E-state index in [4.69, 9.17) is 11.6 Å². The molecule has 0 spiro atoms. The van der Waals surface area contributed by atoms with Crippen LogP contribution in [0.5, 0.6) is 0 Å². The van der Waals surface area contributed by atoms with Gasteiger partial charge in [0.15, 0.2) is 0 Å². The van der Waals surface area contributed by atoms with Gasteiger partial charge < -0.3 is 10.6 Å². The topological polar surface area (TPSA) is 66.9 Å². The maximum Gasteiger partial charge on any atom is 0.274 e. The maximum atomic E-state index is 13.7. The number of carbonyl (C=O) groups excluding carboxylic acids is 1. The fraction of sp³-hybridized carbons (Fsp3) is 0.0556. The first-order chi connectivity index (χ1) is 12.4. The van der Waals surface area contributed by atoms with E-state index < -0.39 is 17.5 Å². The van der Waals surface area contributed by atoms with Gasteiger partial charge in [-0.05, 0) is 36.8 Å². The van der Waals surface area contributed by atoms with Crippen LogP contribution in [0.1, 0.15) is 16.1 Å². The van der Waals surface area contributed by atoms with Gasteiger partial charge in [0.2, 0.25) is 0 Å². The Kier molecular flexibility index (Phi) is 5.09. The van der Waals surface area contributed by atoms with Crippen molar-refractivity contribution in [2.45, 2.75) is 6.92 Å². The van der Waals surface area contributed by atoms with Gasteiger partial charge in [0.25, 0.3) is 5.91 Å². The standard InChI is InChI=1S/C18H13ClF2N4O/c1-10-5-6-11(7-12(10)19)24-18(26)15-8-16(23-9-22-15)25-17-13(20)3-2-4-14(17)21/h2-9H,1H3,(H,24,26)(H,22,23,25). The van der Waals surface area contributed by atoms with Gasteiger partial charge in [-0.3, -0.25) is 4.79 Å². The van der Waals surface area contributed by atoms with Crippen molar-refractivity contribution in [1.29, 1.82) is 0 Å². The van der Waals surface area contributed by atoms with E-state index in [2.05, 4.69) is 20.6 Å². The molecule has 5 nitrogen and oxygen atoms in total. The van der Waals surface area contributed by atoms with Gasteiger partial charge in [-0.2, -0.15) is 0 Å². The lowest BCUT2D eigenvalue weighted by Gasteiger charge is -2.09. The molecular weight excluding hydrogens is 362 g/mol. The summed E-state index contributed by atoms with van der Waals surface area (Å²) in [5.74, 6) is -1.98. The second-order valence-corrected chi connectivity index (χ2v) is 5.84. The van der Waals surface area contributed by atoms with Crippen LogP contribution in [0.15, 0.2) is 48.8 Å². The van der Waals surface area contributed by atoms with Gasteiger partial charge in [0.05, 0.1) is 0 Å². The average Bonchev–Trinajstić information content (AvgIpc) is 2.62. The lowest BCUT2D eigenvalue weighted by atomic mass is 10.2. The molecule has 0 fully saturated rings. The maximum absolute atomic E-state index is 13.7. The van der Waals surface area contributed by atoms with Crippen LogP contribution in [0.4, 0.5) is 26.0 Å². The molecule has 3 rings (SSSR count). The molecule has 0 aliphatic rings. The van der Waals surface area contributed by atoms with Crippen LogP contribution < -0.4 is 10.6 Å². The summed E-state index contributed by atoms with van der Waals surface area (Å²) < 4.78 is 27.4. The number of para-hydroxylation sites is 1. The summed E-state index contributed by atoms with van der Waals surface area (Å²) in [6, 6.07) is 9.85. The van der Waals surface area contributed by atoms with Gasteiger partial charge in [-0.1, -0.05) is 23.7 Å². The van der Waals surface area contributed by atoms with Crippen LogP contribution in [0.3, 0.4) is 0 Å². The first-order valence-corrected chi connectivity index (χ1v) is 7.92. The second kappa shape index (κ2) is 7.45. The summed E-state index contributed by atoms with van der Waals surface area (Å²) in [6.07, 6.45) is 1.12. The third-order valence-corrected chi connectivity index (χ3v) is 3.95. The summed E-state index contributed by atoms with van der Waals surface area (Å²) in [7, 11) is 0. The zero-order chi connectivity index (χ0) is 18.7. The number of amides is 1. The molecule has 1 amide bonds. The van der Waals surface area contributed by atoms with E-state index >= 15 is 0 Å². The Morgan fingerprint density at radius 3 is 2.50 bits per heavy atom. The third kappa shape index (κ3) is 3.94. The van der Waals surface area contributed by atoms with Crippen LogP contribution in [-0.2, 0) is 0 Å². The third-order valence-electron chi connectivity index (χ3n) is 3.55. The van der Waals surface area contributed by atoms with Gasteiger partial charge in [-0.15, -0.1) is 0 Å². The molecule has 26 heavy (non-hydrogen) atoms. The van der Waals surface area contributed by atoms with Crippen LogP contribution in [0.25, 0.3) is 0 Å². The highest BCUT2D eigenvalue weighted by atomic mass is 35.5. The fourth-order valence-corrected chi connectivity index (χ4v) is 2.34. The molecule has 132 valence electrons. The number of carbonyl (C=O) groups is 1. The molecule has 0 aliphatic heterocycles. The Hall–Kier alpha value is -3.06. The summed E-state index contributed by atoms with van der Waals surface area (Å²) in [5, 5.41) is 5.68. The first kappa shape index (κ1) is 17.8. The summed E-state index contributed by atoms with van der Waals surface area (Å²) >= 11 is 6.03. The highest BCUT2D eigenvalue weighted by Gasteiger charge is 2.13. The number of nitrogens with one attached hydrogen (secondary N) is 2. The van der Waals surface area contributed by atoms with Gasteiger partial charge >= 0.3 is 0 Å². The molecule has 2 N–H and O–H groups in total. The van der Waals surface area contributed by atoms with Crippen molar-refractivity contribution >= 4 is 34.7 Å². The Labute approximate surface area is 153 Å². The van der Waals surface area contributed by atoms with Gasteiger partial charge in [-0.25, -0.2) is 18.7 Å². The quantitative estimate of drug-likeness (QED) is 0.694. The number of rotatable bonds is 4. The number of halogens is 3. The zero-order valence-corrected chi connectivity index (χ0v) is 14.3.